The summed E-state index contributed by atoms with van der Waals surface area (Å²) in [6, 6.07) is 0. The molecule has 0 saturated heterocycles. The molecule has 12 heavy (non-hydrogen) atoms. The van der Waals surface area contributed by atoms with Crippen LogP contribution in [-0.4, -0.2) is 13.6 Å². The van der Waals surface area contributed by atoms with E-state index in [1.54, 1.807) is 0 Å². The van der Waals surface area contributed by atoms with Crippen LogP contribution < -0.4 is 5.32 Å². The van der Waals surface area contributed by atoms with Gasteiger partial charge >= 0.3 is 0 Å². The topological polar surface area (TPSA) is 12.0 Å². The summed E-state index contributed by atoms with van der Waals surface area (Å²) in [6.45, 7) is 8.13. The predicted molar refractivity (Wildman–Crippen MR) is 56.4 cm³/mol. The quantitative estimate of drug-likeness (QED) is 0.621. The first-order valence-electron chi connectivity index (χ1n) is 5.44. The molecule has 0 heterocycles. The minimum Gasteiger partial charge on any atom is -0.320 e. The molecule has 1 N–H and O–H groups in total. The molecule has 1 unspecified atom stereocenters. The third-order valence-electron chi connectivity index (χ3n) is 3.00. The van der Waals surface area contributed by atoms with Gasteiger partial charge < -0.3 is 5.32 Å². The van der Waals surface area contributed by atoms with Crippen LogP contribution >= 0.6 is 0 Å². The molecule has 1 atom stereocenters. The lowest BCUT2D eigenvalue weighted by Crippen LogP contribution is -2.19. The smallest absolute Gasteiger partial charge is 0.00492 e. The van der Waals surface area contributed by atoms with Gasteiger partial charge in [-0.2, -0.15) is 0 Å². The van der Waals surface area contributed by atoms with Gasteiger partial charge in [-0.15, -0.1) is 0 Å². The molecule has 0 aromatic rings. The van der Waals surface area contributed by atoms with Gasteiger partial charge in [0.05, 0.1) is 0 Å². The molecule has 0 bridgehead atoms. The second-order valence-corrected chi connectivity index (χ2v) is 3.64. The monoisotopic (exact) mass is 171 g/mol. The maximum absolute atomic E-state index is 3.24. The van der Waals surface area contributed by atoms with Crippen molar-refractivity contribution >= 4 is 0 Å². The van der Waals surface area contributed by atoms with Crippen molar-refractivity contribution in [1.82, 2.24) is 5.32 Å². The molecule has 0 aromatic carbocycles. The Kier molecular flexibility index (Phi) is 7.58. The van der Waals surface area contributed by atoms with Crippen LogP contribution in [0.2, 0.25) is 0 Å². The fraction of sp³-hybridized carbons (Fsp3) is 1.00. The highest BCUT2D eigenvalue weighted by atomic mass is 14.8. The number of rotatable bonds is 7. The van der Waals surface area contributed by atoms with Crippen molar-refractivity contribution in [2.24, 2.45) is 11.8 Å². The van der Waals surface area contributed by atoms with Crippen LogP contribution in [0.5, 0.6) is 0 Å². The molecule has 0 aliphatic heterocycles. The number of hydrogen-bond donors (Lipinski definition) is 1. The molecule has 0 fully saturated rings. The molecule has 0 rings (SSSR count). The Hall–Kier alpha value is -0.0400. The maximum Gasteiger partial charge on any atom is -0.00492 e. The molecule has 0 radical (unpaired) electrons. The number of hydrogen-bond acceptors (Lipinski definition) is 1. The molecule has 0 amide bonds. The average Bonchev–Trinajstić information content (AvgIpc) is 2.12. The van der Waals surface area contributed by atoms with Gasteiger partial charge in [-0.25, -0.2) is 0 Å². The van der Waals surface area contributed by atoms with E-state index >= 15 is 0 Å². The maximum atomic E-state index is 3.24. The normalized spacial score (nSPS) is 13.8. The van der Waals surface area contributed by atoms with E-state index < -0.39 is 0 Å². The van der Waals surface area contributed by atoms with Crippen LogP contribution in [0.25, 0.3) is 0 Å². The lowest BCUT2D eigenvalue weighted by atomic mass is 9.84. The van der Waals surface area contributed by atoms with Gasteiger partial charge in [0.15, 0.2) is 0 Å². The standard InChI is InChI=1S/C11H25N/c1-5-10(6-2)11(7-3)8-9-12-4/h10-12H,5-9H2,1-4H3. The van der Waals surface area contributed by atoms with Gasteiger partial charge in [-0.1, -0.05) is 40.0 Å². The first-order chi connectivity index (χ1) is 5.79. The van der Waals surface area contributed by atoms with Crippen molar-refractivity contribution in [3.63, 3.8) is 0 Å². The highest BCUT2D eigenvalue weighted by Gasteiger charge is 2.15. The second-order valence-electron chi connectivity index (χ2n) is 3.64. The summed E-state index contributed by atoms with van der Waals surface area (Å²) in [7, 11) is 2.04. The van der Waals surface area contributed by atoms with Crippen LogP contribution in [0.1, 0.15) is 46.5 Å². The van der Waals surface area contributed by atoms with Gasteiger partial charge in [0.1, 0.15) is 0 Å². The van der Waals surface area contributed by atoms with Gasteiger partial charge in [0.25, 0.3) is 0 Å². The zero-order chi connectivity index (χ0) is 9.40. The Morgan fingerprint density at radius 2 is 1.42 bits per heavy atom. The fourth-order valence-electron chi connectivity index (χ4n) is 2.06. The van der Waals surface area contributed by atoms with Crippen molar-refractivity contribution in [2.45, 2.75) is 46.5 Å². The van der Waals surface area contributed by atoms with Crippen LogP contribution in [0.15, 0.2) is 0 Å². The zero-order valence-corrected chi connectivity index (χ0v) is 9.19. The lowest BCUT2D eigenvalue weighted by Gasteiger charge is -2.23. The van der Waals surface area contributed by atoms with Gasteiger partial charge in [-0.05, 0) is 31.8 Å². The summed E-state index contributed by atoms with van der Waals surface area (Å²) >= 11 is 0. The molecule has 1 heteroatoms. The van der Waals surface area contributed by atoms with Crippen molar-refractivity contribution in [2.75, 3.05) is 13.6 Å². The predicted octanol–water partition coefficient (Wildman–Crippen LogP) is 3.06. The molecule has 74 valence electrons. The summed E-state index contributed by atoms with van der Waals surface area (Å²) in [5, 5.41) is 3.24. The summed E-state index contributed by atoms with van der Waals surface area (Å²) < 4.78 is 0. The average molecular weight is 171 g/mol. The minimum absolute atomic E-state index is 0.937. The van der Waals surface area contributed by atoms with E-state index in [2.05, 4.69) is 26.1 Å². The van der Waals surface area contributed by atoms with Crippen molar-refractivity contribution < 1.29 is 0 Å². The van der Waals surface area contributed by atoms with Crippen LogP contribution in [0.3, 0.4) is 0 Å². The van der Waals surface area contributed by atoms with E-state index in [-0.39, 0.29) is 0 Å². The molecular formula is C11H25N. The van der Waals surface area contributed by atoms with Crippen molar-refractivity contribution in [3.05, 3.63) is 0 Å². The largest absolute Gasteiger partial charge is 0.320 e. The van der Waals surface area contributed by atoms with E-state index in [1.807, 2.05) is 7.05 Å². The first-order valence-corrected chi connectivity index (χ1v) is 5.44. The molecule has 0 saturated carbocycles. The summed E-state index contributed by atoms with van der Waals surface area (Å²) in [5.74, 6) is 1.88. The van der Waals surface area contributed by atoms with Gasteiger partial charge in [-0.3, -0.25) is 0 Å². The molecule has 0 aromatic heterocycles. The Balaban J connectivity index is 3.75. The SMILES string of the molecule is CCC(CC)C(CC)CCNC. The molecular weight excluding hydrogens is 146 g/mol. The Morgan fingerprint density at radius 3 is 1.75 bits per heavy atom. The van der Waals surface area contributed by atoms with E-state index in [0.717, 1.165) is 11.8 Å². The lowest BCUT2D eigenvalue weighted by molar-refractivity contribution is 0.285. The van der Waals surface area contributed by atoms with Gasteiger partial charge in [0.2, 0.25) is 0 Å². The Labute approximate surface area is 77.9 Å². The fourth-order valence-corrected chi connectivity index (χ4v) is 2.06. The molecule has 0 aliphatic rings. The Morgan fingerprint density at radius 1 is 0.917 bits per heavy atom. The molecule has 0 spiro atoms. The Bertz CT molecular complexity index is 87.0. The van der Waals surface area contributed by atoms with Crippen molar-refractivity contribution in [1.29, 1.82) is 0 Å². The van der Waals surface area contributed by atoms with Crippen LogP contribution in [-0.2, 0) is 0 Å². The third kappa shape index (κ3) is 4.10. The highest BCUT2D eigenvalue weighted by molar-refractivity contribution is 4.67. The second kappa shape index (κ2) is 7.60. The first kappa shape index (κ1) is 12.0. The van der Waals surface area contributed by atoms with Crippen molar-refractivity contribution in [3.8, 4) is 0 Å². The third-order valence-corrected chi connectivity index (χ3v) is 3.00. The van der Waals surface area contributed by atoms with Gasteiger partial charge in [0, 0.05) is 0 Å². The minimum atomic E-state index is 0.937. The van der Waals surface area contributed by atoms with E-state index in [1.165, 1.54) is 32.2 Å². The summed E-state index contributed by atoms with van der Waals surface area (Å²) in [5.41, 5.74) is 0. The summed E-state index contributed by atoms with van der Waals surface area (Å²) in [6.07, 6.45) is 5.38. The number of nitrogens with one attached hydrogen (secondary N) is 1. The van der Waals surface area contributed by atoms with E-state index in [9.17, 15) is 0 Å². The van der Waals surface area contributed by atoms with Crippen LogP contribution in [0, 0.1) is 11.8 Å². The van der Waals surface area contributed by atoms with E-state index in [0.29, 0.717) is 0 Å². The molecule has 1 nitrogen and oxygen atoms in total. The molecule has 0 aliphatic carbocycles. The van der Waals surface area contributed by atoms with E-state index in [4.69, 9.17) is 0 Å². The highest BCUT2D eigenvalue weighted by Crippen LogP contribution is 2.24. The van der Waals surface area contributed by atoms with Crippen LogP contribution in [0.4, 0.5) is 0 Å². The summed E-state index contributed by atoms with van der Waals surface area (Å²) in [4.78, 5) is 0. The zero-order valence-electron chi connectivity index (χ0n) is 9.19.